The fourth-order valence-corrected chi connectivity index (χ4v) is 3.34. The third-order valence-corrected chi connectivity index (χ3v) is 4.88. The van der Waals surface area contributed by atoms with Crippen LogP contribution in [-0.2, 0) is 6.42 Å². The van der Waals surface area contributed by atoms with E-state index in [4.69, 9.17) is 18.3 Å². The molecule has 2 heterocycles. The summed E-state index contributed by atoms with van der Waals surface area (Å²) >= 11 is 0. The molecule has 1 unspecified atom stereocenters. The van der Waals surface area contributed by atoms with Crippen LogP contribution in [0.25, 0.3) is 21.9 Å². The van der Waals surface area contributed by atoms with Crippen LogP contribution in [-0.4, -0.2) is 49.5 Å². The Morgan fingerprint density at radius 3 is 2.57 bits per heavy atom. The third-order valence-electron chi connectivity index (χ3n) is 4.88. The second kappa shape index (κ2) is 8.67. The first-order valence-electron chi connectivity index (χ1n) is 9.60. The summed E-state index contributed by atoms with van der Waals surface area (Å²) in [5.74, 6) is 1.25. The van der Waals surface area contributed by atoms with Gasteiger partial charge in [0.2, 0.25) is 5.75 Å². The normalized spacial score (nSPS) is 12.8. The summed E-state index contributed by atoms with van der Waals surface area (Å²) < 4.78 is 22.9. The number of furan rings is 1. The van der Waals surface area contributed by atoms with Crippen molar-refractivity contribution >= 4 is 21.9 Å². The van der Waals surface area contributed by atoms with Crippen molar-refractivity contribution in [3.8, 4) is 11.5 Å². The second-order valence-corrected chi connectivity index (χ2v) is 6.61. The van der Waals surface area contributed by atoms with E-state index < -0.39 is 6.10 Å². The SMILES string of the molecule is CCc1cc(=O)c2c(OCC(O)CN(CC)CC)c3ccoc3c(OC)c2o1. The highest BCUT2D eigenvalue weighted by Crippen LogP contribution is 2.42. The quantitative estimate of drug-likeness (QED) is 0.601. The van der Waals surface area contributed by atoms with E-state index in [0.29, 0.717) is 46.8 Å². The predicted molar refractivity (Wildman–Crippen MR) is 107 cm³/mol. The summed E-state index contributed by atoms with van der Waals surface area (Å²) in [6.45, 7) is 8.21. The highest BCUT2D eigenvalue weighted by Gasteiger charge is 2.23. The molecule has 0 saturated heterocycles. The smallest absolute Gasteiger partial charge is 0.206 e. The van der Waals surface area contributed by atoms with E-state index in [9.17, 15) is 9.90 Å². The Bertz CT molecular complexity index is 1000. The van der Waals surface area contributed by atoms with Gasteiger partial charge in [0.15, 0.2) is 16.6 Å². The summed E-state index contributed by atoms with van der Waals surface area (Å²) in [6.07, 6.45) is 1.39. The summed E-state index contributed by atoms with van der Waals surface area (Å²) in [5.41, 5.74) is 0.523. The van der Waals surface area contributed by atoms with Crippen LogP contribution in [0.3, 0.4) is 0 Å². The Balaban J connectivity index is 2.08. The molecular weight excluding hydrogens is 362 g/mol. The Morgan fingerprint density at radius 2 is 1.93 bits per heavy atom. The standard InChI is InChI=1S/C21H27NO6/c1-5-14-10-16(24)17-18(27-12-13(23)11-22(6-2)7-3)15-8-9-26-19(15)21(25-4)20(17)28-14/h8-10,13,23H,5-7,11-12H2,1-4H3. The van der Waals surface area contributed by atoms with Crippen molar-refractivity contribution < 1.29 is 23.4 Å². The fraction of sp³-hybridized carbons (Fsp3) is 0.476. The lowest BCUT2D eigenvalue weighted by Gasteiger charge is -2.22. The maximum absolute atomic E-state index is 12.8. The molecule has 0 spiro atoms. The van der Waals surface area contributed by atoms with E-state index in [0.717, 1.165) is 13.1 Å². The number of hydrogen-bond acceptors (Lipinski definition) is 7. The lowest BCUT2D eigenvalue weighted by Crippen LogP contribution is -2.35. The van der Waals surface area contributed by atoms with Gasteiger partial charge in [-0.05, 0) is 19.2 Å². The zero-order valence-electron chi connectivity index (χ0n) is 16.8. The van der Waals surface area contributed by atoms with Crippen LogP contribution in [0, 0.1) is 0 Å². The Morgan fingerprint density at radius 1 is 1.18 bits per heavy atom. The number of methoxy groups -OCH3 is 1. The van der Waals surface area contributed by atoms with Gasteiger partial charge < -0.3 is 28.3 Å². The largest absolute Gasteiger partial charge is 0.490 e. The van der Waals surface area contributed by atoms with Crippen molar-refractivity contribution in [2.24, 2.45) is 0 Å². The number of nitrogens with zero attached hydrogens (tertiary/aromatic N) is 1. The molecule has 7 nitrogen and oxygen atoms in total. The summed E-state index contributed by atoms with van der Waals surface area (Å²) in [5, 5.41) is 11.3. The Kier molecular flexibility index (Phi) is 6.26. The van der Waals surface area contributed by atoms with Gasteiger partial charge in [0, 0.05) is 19.0 Å². The van der Waals surface area contributed by atoms with Crippen LogP contribution in [0.1, 0.15) is 26.5 Å². The number of aliphatic hydroxyl groups is 1. The molecule has 0 saturated carbocycles. The van der Waals surface area contributed by atoms with Gasteiger partial charge in [0.05, 0.1) is 18.8 Å². The number of aryl methyl sites for hydroxylation is 1. The van der Waals surface area contributed by atoms with E-state index in [1.165, 1.54) is 19.4 Å². The molecule has 152 valence electrons. The predicted octanol–water partition coefficient (Wildman–Crippen LogP) is 3.19. The van der Waals surface area contributed by atoms with Crippen molar-refractivity contribution in [1.82, 2.24) is 4.90 Å². The monoisotopic (exact) mass is 389 g/mol. The first-order valence-corrected chi connectivity index (χ1v) is 9.60. The Labute approximate surface area is 163 Å². The number of likely N-dealkylation sites (N-methyl/N-ethyl adjacent to an activating group) is 1. The average Bonchev–Trinajstić information content (AvgIpc) is 3.18. The van der Waals surface area contributed by atoms with Gasteiger partial charge in [-0.15, -0.1) is 0 Å². The molecule has 0 aliphatic carbocycles. The number of hydrogen-bond donors (Lipinski definition) is 1. The van der Waals surface area contributed by atoms with Crippen molar-refractivity contribution in [3.63, 3.8) is 0 Å². The number of benzene rings is 1. The summed E-state index contributed by atoms with van der Waals surface area (Å²) in [4.78, 5) is 14.9. The van der Waals surface area contributed by atoms with Gasteiger partial charge in [-0.3, -0.25) is 4.79 Å². The highest BCUT2D eigenvalue weighted by atomic mass is 16.5. The minimum absolute atomic E-state index is 0.0488. The molecule has 3 rings (SSSR count). The zero-order chi connectivity index (χ0) is 20.3. The molecule has 0 radical (unpaired) electrons. The third kappa shape index (κ3) is 3.72. The number of rotatable bonds is 9. The summed E-state index contributed by atoms with van der Waals surface area (Å²) in [6, 6.07) is 3.18. The van der Waals surface area contributed by atoms with Gasteiger partial charge in [0.1, 0.15) is 29.6 Å². The van der Waals surface area contributed by atoms with Crippen LogP contribution >= 0.6 is 0 Å². The van der Waals surface area contributed by atoms with E-state index in [2.05, 4.69) is 4.90 Å². The van der Waals surface area contributed by atoms with Crippen molar-refractivity contribution in [2.75, 3.05) is 33.4 Å². The Hall–Kier alpha value is -2.51. The molecule has 0 amide bonds. The molecule has 3 aromatic rings. The molecule has 1 aromatic carbocycles. The first kappa shape index (κ1) is 20.2. The topological polar surface area (TPSA) is 85.3 Å². The maximum Gasteiger partial charge on any atom is 0.206 e. The van der Waals surface area contributed by atoms with Crippen LogP contribution in [0.5, 0.6) is 11.5 Å². The molecule has 28 heavy (non-hydrogen) atoms. The lowest BCUT2D eigenvalue weighted by molar-refractivity contribution is 0.0727. The van der Waals surface area contributed by atoms with Crippen molar-refractivity contribution in [2.45, 2.75) is 33.3 Å². The van der Waals surface area contributed by atoms with Gasteiger partial charge >= 0.3 is 0 Å². The molecule has 1 N–H and O–H groups in total. The molecule has 1 atom stereocenters. The van der Waals surface area contributed by atoms with E-state index >= 15 is 0 Å². The van der Waals surface area contributed by atoms with E-state index in [1.54, 1.807) is 6.07 Å². The zero-order valence-corrected chi connectivity index (χ0v) is 16.8. The minimum atomic E-state index is -0.694. The van der Waals surface area contributed by atoms with Crippen molar-refractivity contribution in [3.05, 3.63) is 34.4 Å². The van der Waals surface area contributed by atoms with Gasteiger partial charge in [-0.1, -0.05) is 20.8 Å². The second-order valence-electron chi connectivity index (χ2n) is 6.61. The van der Waals surface area contributed by atoms with Crippen LogP contribution in [0.4, 0.5) is 0 Å². The number of aliphatic hydroxyl groups excluding tert-OH is 1. The fourth-order valence-electron chi connectivity index (χ4n) is 3.34. The molecule has 0 fully saturated rings. The first-order chi connectivity index (χ1) is 13.5. The van der Waals surface area contributed by atoms with Crippen LogP contribution < -0.4 is 14.9 Å². The van der Waals surface area contributed by atoms with E-state index in [-0.39, 0.29) is 17.4 Å². The molecular formula is C21H27NO6. The van der Waals surface area contributed by atoms with Gasteiger partial charge in [0.25, 0.3) is 0 Å². The number of ether oxygens (including phenoxy) is 2. The molecule has 0 bridgehead atoms. The molecule has 2 aromatic heterocycles. The van der Waals surface area contributed by atoms with Crippen LogP contribution in [0.2, 0.25) is 0 Å². The lowest BCUT2D eigenvalue weighted by atomic mass is 10.1. The minimum Gasteiger partial charge on any atom is -0.490 e. The van der Waals surface area contributed by atoms with Gasteiger partial charge in [-0.2, -0.15) is 0 Å². The number of fused-ring (bicyclic) bond motifs is 2. The van der Waals surface area contributed by atoms with Crippen LogP contribution in [0.15, 0.2) is 32.0 Å². The average molecular weight is 389 g/mol. The molecule has 0 aliphatic heterocycles. The highest BCUT2D eigenvalue weighted by molar-refractivity contribution is 6.06. The maximum atomic E-state index is 12.8. The summed E-state index contributed by atoms with van der Waals surface area (Å²) in [7, 11) is 1.50. The van der Waals surface area contributed by atoms with Gasteiger partial charge in [-0.25, -0.2) is 0 Å². The molecule has 0 aliphatic rings. The van der Waals surface area contributed by atoms with Crippen molar-refractivity contribution in [1.29, 1.82) is 0 Å². The molecule has 7 heteroatoms. The van der Waals surface area contributed by atoms with E-state index in [1.807, 2.05) is 20.8 Å².